The molecule has 20 heavy (non-hydrogen) atoms. The van der Waals surface area contributed by atoms with Gasteiger partial charge in [0.05, 0.1) is 6.54 Å². The Kier molecular flexibility index (Phi) is 4.53. The molecule has 0 aliphatic rings. The van der Waals surface area contributed by atoms with E-state index in [-0.39, 0.29) is 11.2 Å². The molecule has 2 N–H and O–H groups in total. The molecule has 1 heterocycles. The first kappa shape index (κ1) is 14.3. The largest absolute Gasteiger partial charge is 0.331 e. The highest BCUT2D eigenvalue weighted by atomic mass is 16.2. The molecule has 0 atom stereocenters. The molecule has 0 spiro atoms. The lowest BCUT2D eigenvalue weighted by molar-refractivity contribution is 0.550. The van der Waals surface area contributed by atoms with Gasteiger partial charge in [-0.25, -0.2) is 4.79 Å². The zero-order valence-corrected chi connectivity index (χ0v) is 11.6. The molecule has 0 aliphatic carbocycles. The maximum absolute atomic E-state index is 12.3. The molecule has 0 unspecified atom stereocenters. The maximum atomic E-state index is 12.3. The molecule has 1 aromatic carbocycles. The van der Waals surface area contributed by atoms with Crippen molar-refractivity contribution in [3.63, 3.8) is 0 Å². The van der Waals surface area contributed by atoms with Crippen LogP contribution in [0.25, 0.3) is 0 Å². The van der Waals surface area contributed by atoms with E-state index in [1.807, 2.05) is 30.3 Å². The summed E-state index contributed by atoms with van der Waals surface area (Å²) < 4.78 is 2.84. The Labute approximate surface area is 117 Å². The van der Waals surface area contributed by atoms with Crippen molar-refractivity contribution in [3.8, 4) is 0 Å². The number of aryl methyl sites for hydroxylation is 1. The van der Waals surface area contributed by atoms with Crippen molar-refractivity contribution < 1.29 is 0 Å². The highest BCUT2D eigenvalue weighted by molar-refractivity contribution is 5.15. The Hall–Kier alpha value is -2.14. The quantitative estimate of drug-likeness (QED) is 0.872. The summed E-state index contributed by atoms with van der Waals surface area (Å²) in [5, 5.41) is 0. The molecule has 5 heteroatoms. The maximum Gasteiger partial charge on any atom is 0.331 e. The van der Waals surface area contributed by atoms with Crippen LogP contribution in [-0.2, 0) is 13.1 Å². The molecule has 0 fully saturated rings. The summed E-state index contributed by atoms with van der Waals surface area (Å²) in [6.07, 6.45) is 2.24. The minimum atomic E-state index is -0.280. The molecule has 0 saturated carbocycles. The highest BCUT2D eigenvalue weighted by Gasteiger charge is 2.08. The second-order valence-corrected chi connectivity index (χ2v) is 4.81. The highest BCUT2D eigenvalue weighted by Crippen LogP contribution is 2.00. The molecule has 5 nitrogen and oxygen atoms in total. The summed E-state index contributed by atoms with van der Waals surface area (Å²) in [6.45, 7) is 3.01. The van der Waals surface area contributed by atoms with Crippen LogP contribution in [0.1, 0.15) is 17.5 Å². The van der Waals surface area contributed by atoms with Gasteiger partial charge < -0.3 is 5.73 Å². The van der Waals surface area contributed by atoms with E-state index in [1.54, 1.807) is 17.7 Å². The molecule has 2 aromatic rings. The van der Waals surface area contributed by atoms with Crippen LogP contribution in [0.5, 0.6) is 0 Å². The second kappa shape index (κ2) is 6.34. The Morgan fingerprint density at radius 1 is 1.15 bits per heavy atom. The molecule has 0 amide bonds. The third kappa shape index (κ3) is 3.05. The van der Waals surface area contributed by atoms with Crippen LogP contribution < -0.4 is 17.0 Å². The lowest BCUT2D eigenvalue weighted by Crippen LogP contribution is -2.41. The van der Waals surface area contributed by atoms with Gasteiger partial charge in [-0.1, -0.05) is 30.3 Å². The van der Waals surface area contributed by atoms with E-state index in [4.69, 9.17) is 5.73 Å². The van der Waals surface area contributed by atoms with E-state index in [1.165, 1.54) is 4.57 Å². The van der Waals surface area contributed by atoms with Gasteiger partial charge in [0.15, 0.2) is 0 Å². The summed E-state index contributed by atoms with van der Waals surface area (Å²) in [7, 11) is 0. The average Bonchev–Trinajstić information content (AvgIpc) is 2.46. The van der Waals surface area contributed by atoms with Crippen molar-refractivity contribution in [1.82, 2.24) is 9.13 Å². The van der Waals surface area contributed by atoms with Gasteiger partial charge >= 0.3 is 5.69 Å². The van der Waals surface area contributed by atoms with E-state index < -0.39 is 0 Å². The molecular formula is C15H19N3O2. The van der Waals surface area contributed by atoms with Crippen molar-refractivity contribution >= 4 is 0 Å². The first-order chi connectivity index (χ1) is 9.63. The Bertz CT molecular complexity index is 687. The van der Waals surface area contributed by atoms with Crippen LogP contribution in [0.2, 0.25) is 0 Å². The van der Waals surface area contributed by atoms with Crippen LogP contribution in [0.4, 0.5) is 0 Å². The zero-order valence-electron chi connectivity index (χ0n) is 11.6. The third-order valence-corrected chi connectivity index (χ3v) is 3.19. The van der Waals surface area contributed by atoms with Crippen LogP contribution in [-0.4, -0.2) is 15.7 Å². The molecule has 1 aromatic heterocycles. The lowest BCUT2D eigenvalue weighted by atomic mass is 10.2. The summed E-state index contributed by atoms with van der Waals surface area (Å²) in [6, 6.07) is 9.70. The molecule has 0 radical (unpaired) electrons. The van der Waals surface area contributed by atoms with Crippen LogP contribution in [0.15, 0.2) is 46.1 Å². The fraction of sp³-hybridized carbons (Fsp3) is 0.333. The predicted octanol–water partition coefficient (Wildman–Crippen LogP) is 0.716. The third-order valence-electron chi connectivity index (χ3n) is 3.19. The molecule has 2 rings (SSSR count). The fourth-order valence-corrected chi connectivity index (χ4v) is 2.14. The van der Waals surface area contributed by atoms with Crippen LogP contribution in [0, 0.1) is 6.92 Å². The summed E-state index contributed by atoms with van der Waals surface area (Å²) in [4.78, 5) is 24.3. The Morgan fingerprint density at radius 2 is 1.85 bits per heavy atom. The number of hydrogen-bond donors (Lipinski definition) is 1. The minimum Gasteiger partial charge on any atom is -0.330 e. The molecular weight excluding hydrogens is 254 g/mol. The van der Waals surface area contributed by atoms with Gasteiger partial charge in [0.25, 0.3) is 5.56 Å². The monoisotopic (exact) mass is 273 g/mol. The lowest BCUT2D eigenvalue weighted by Gasteiger charge is -2.11. The van der Waals surface area contributed by atoms with Crippen molar-refractivity contribution in [2.45, 2.75) is 26.4 Å². The van der Waals surface area contributed by atoms with Crippen LogP contribution in [0.3, 0.4) is 0 Å². The smallest absolute Gasteiger partial charge is 0.330 e. The Balaban J connectivity index is 2.42. The van der Waals surface area contributed by atoms with Gasteiger partial charge in [-0.05, 0) is 25.5 Å². The minimum absolute atomic E-state index is 0.229. The number of benzene rings is 1. The molecule has 0 saturated heterocycles. The number of hydrogen-bond acceptors (Lipinski definition) is 3. The zero-order chi connectivity index (χ0) is 14.5. The summed E-state index contributed by atoms with van der Waals surface area (Å²) >= 11 is 0. The summed E-state index contributed by atoms with van der Waals surface area (Å²) in [5.41, 5.74) is 6.54. The predicted molar refractivity (Wildman–Crippen MR) is 78.9 cm³/mol. The van der Waals surface area contributed by atoms with E-state index >= 15 is 0 Å². The van der Waals surface area contributed by atoms with Gasteiger partial charge in [0.2, 0.25) is 0 Å². The van der Waals surface area contributed by atoms with Crippen LogP contribution >= 0.6 is 0 Å². The number of rotatable bonds is 5. The topological polar surface area (TPSA) is 70.0 Å². The molecule has 0 aliphatic heterocycles. The van der Waals surface area contributed by atoms with E-state index in [0.717, 1.165) is 5.56 Å². The first-order valence-corrected chi connectivity index (χ1v) is 6.68. The second-order valence-electron chi connectivity index (χ2n) is 4.81. The molecule has 0 bridgehead atoms. The van der Waals surface area contributed by atoms with Crippen molar-refractivity contribution in [2.24, 2.45) is 5.73 Å². The van der Waals surface area contributed by atoms with Gasteiger partial charge in [-0.2, -0.15) is 0 Å². The van der Waals surface area contributed by atoms with E-state index in [9.17, 15) is 9.59 Å². The first-order valence-electron chi connectivity index (χ1n) is 6.68. The van der Waals surface area contributed by atoms with Gasteiger partial charge in [0, 0.05) is 18.3 Å². The normalized spacial score (nSPS) is 10.7. The summed E-state index contributed by atoms with van der Waals surface area (Å²) in [5.74, 6) is 0. The molecule has 106 valence electrons. The van der Waals surface area contributed by atoms with Gasteiger partial charge in [-0.15, -0.1) is 0 Å². The van der Waals surface area contributed by atoms with E-state index in [2.05, 4.69) is 0 Å². The SMILES string of the molecule is Cc1cn(Cc2ccccc2)c(=O)n(CCCN)c1=O. The van der Waals surface area contributed by atoms with Crippen molar-refractivity contribution in [3.05, 3.63) is 68.5 Å². The Morgan fingerprint density at radius 3 is 2.50 bits per heavy atom. The number of aromatic nitrogens is 2. The fourth-order valence-electron chi connectivity index (χ4n) is 2.14. The number of nitrogens with two attached hydrogens (primary N) is 1. The average molecular weight is 273 g/mol. The van der Waals surface area contributed by atoms with Crippen molar-refractivity contribution in [2.75, 3.05) is 6.54 Å². The number of nitrogens with zero attached hydrogens (tertiary/aromatic N) is 2. The van der Waals surface area contributed by atoms with Gasteiger partial charge in [-0.3, -0.25) is 13.9 Å². The van der Waals surface area contributed by atoms with Gasteiger partial charge in [0.1, 0.15) is 0 Å². The van der Waals surface area contributed by atoms with Crippen molar-refractivity contribution in [1.29, 1.82) is 0 Å². The standard InChI is InChI=1S/C15H19N3O2/c1-12-10-17(11-13-6-3-2-4-7-13)15(20)18(14(12)19)9-5-8-16/h2-4,6-7,10H,5,8-9,11,16H2,1H3. The van der Waals surface area contributed by atoms with E-state index in [0.29, 0.717) is 31.6 Å².